The number of hydrogen-bond acceptors (Lipinski definition) is 2. The molecule has 110 valence electrons. The summed E-state index contributed by atoms with van der Waals surface area (Å²) in [5.74, 6) is -0.313. The molecule has 0 unspecified atom stereocenters. The third-order valence-electron chi connectivity index (χ3n) is 3.68. The molecule has 0 aliphatic carbocycles. The van der Waals surface area contributed by atoms with E-state index in [0.717, 1.165) is 17.8 Å². The Kier molecular flexibility index (Phi) is 4.63. The highest BCUT2D eigenvalue weighted by atomic mass is 16.1. The first-order valence-corrected chi connectivity index (χ1v) is 7.14. The van der Waals surface area contributed by atoms with Crippen molar-refractivity contribution in [3.8, 4) is 0 Å². The van der Waals surface area contributed by atoms with Crippen LogP contribution in [0.25, 0.3) is 0 Å². The predicted octanol–water partition coefficient (Wildman–Crippen LogP) is 3.25. The molecule has 0 fully saturated rings. The first-order chi connectivity index (χ1) is 9.97. The number of anilines is 1. The van der Waals surface area contributed by atoms with Gasteiger partial charge in [0, 0.05) is 12.2 Å². The van der Waals surface area contributed by atoms with Gasteiger partial charge in [0.05, 0.1) is 6.42 Å². The van der Waals surface area contributed by atoms with Crippen LogP contribution in [-0.4, -0.2) is 5.91 Å². The first-order valence-electron chi connectivity index (χ1n) is 7.14. The Hall–Kier alpha value is -2.29. The zero-order valence-corrected chi connectivity index (χ0v) is 12.9. The molecule has 3 N–H and O–H groups in total. The lowest BCUT2D eigenvalue weighted by atomic mass is 9.99. The largest absolute Gasteiger partial charge is 0.381 e. The highest BCUT2D eigenvalue weighted by Crippen LogP contribution is 2.20. The fourth-order valence-corrected chi connectivity index (χ4v) is 2.71. The van der Waals surface area contributed by atoms with E-state index in [1.54, 1.807) is 0 Å². The topological polar surface area (TPSA) is 55.1 Å². The molecule has 21 heavy (non-hydrogen) atoms. The zero-order chi connectivity index (χ0) is 15.4. The summed E-state index contributed by atoms with van der Waals surface area (Å²) in [6, 6.07) is 12.2. The SMILES string of the molecule is Cc1cc(C)c(CNc2ccccc2CC(N)=O)c(C)c1. The Bertz CT molecular complexity index is 639. The number of nitrogens with two attached hydrogens (primary N) is 1. The molecule has 0 aromatic heterocycles. The molecule has 0 heterocycles. The number of carbonyl (C=O) groups is 1. The van der Waals surface area contributed by atoms with Gasteiger partial charge in [0.25, 0.3) is 0 Å². The number of benzene rings is 2. The minimum absolute atomic E-state index is 0.259. The smallest absolute Gasteiger partial charge is 0.221 e. The second kappa shape index (κ2) is 6.44. The second-order valence-corrected chi connectivity index (χ2v) is 5.53. The van der Waals surface area contributed by atoms with E-state index in [4.69, 9.17) is 5.73 Å². The van der Waals surface area contributed by atoms with Gasteiger partial charge in [0.15, 0.2) is 0 Å². The lowest BCUT2D eigenvalue weighted by Crippen LogP contribution is -2.15. The van der Waals surface area contributed by atoms with E-state index in [2.05, 4.69) is 38.2 Å². The van der Waals surface area contributed by atoms with Gasteiger partial charge in [0.1, 0.15) is 0 Å². The predicted molar refractivity (Wildman–Crippen MR) is 87.3 cm³/mol. The Morgan fingerprint density at radius 1 is 1.10 bits per heavy atom. The van der Waals surface area contributed by atoms with Crippen LogP contribution in [0.4, 0.5) is 5.69 Å². The summed E-state index contributed by atoms with van der Waals surface area (Å²) < 4.78 is 0. The maximum atomic E-state index is 11.1. The van der Waals surface area contributed by atoms with Gasteiger partial charge in [-0.3, -0.25) is 4.79 Å². The van der Waals surface area contributed by atoms with Gasteiger partial charge in [-0.25, -0.2) is 0 Å². The van der Waals surface area contributed by atoms with Crippen LogP contribution in [0.3, 0.4) is 0 Å². The number of nitrogens with one attached hydrogen (secondary N) is 1. The van der Waals surface area contributed by atoms with Crippen LogP contribution in [0.2, 0.25) is 0 Å². The van der Waals surface area contributed by atoms with Crippen molar-refractivity contribution in [1.82, 2.24) is 0 Å². The van der Waals surface area contributed by atoms with E-state index in [9.17, 15) is 4.79 Å². The number of hydrogen-bond donors (Lipinski definition) is 2. The number of para-hydroxylation sites is 1. The van der Waals surface area contributed by atoms with Gasteiger partial charge in [-0.2, -0.15) is 0 Å². The van der Waals surface area contributed by atoms with Crippen molar-refractivity contribution in [1.29, 1.82) is 0 Å². The highest BCUT2D eigenvalue weighted by Gasteiger charge is 2.07. The van der Waals surface area contributed by atoms with Crippen molar-refractivity contribution < 1.29 is 4.79 Å². The number of amides is 1. The fourth-order valence-electron chi connectivity index (χ4n) is 2.71. The van der Waals surface area contributed by atoms with Crippen molar-refractivity contribution in [2.75, 3.05) is 5.32 Å². The maximum absolute atomic E-state index is 11.1. The number of primary amides is 1. The molecule has 2 aromatic carbocycles. The summed E-state index contributed by atoms with van der Waals surface area (Å²) in [4.78, 5) is 11.1. The Labute approximate surface area is 126 Å². The standard InChI is InChI=1S/C18H22N2O/c1-12-8-13(2)16(14(3)9-12)11-20-17-7-5-4-6-15(17)10-18(19)21/h4-9,20H,10-11H2,1-3H3,(H2,19,21). The van der Waals surface area contributed by atoms with Crippen molar-refractivity contribution >= 4 is 11.6 Å². The molecule has 0 aliphatic rings. The summed E-state index contributed by atoms with van der Waals surface area (Å²) in [6.07, 6.45) is 0.259. The monoisotopic (exact) mass is 282 g/mol. The Morgan fingerprint density at radius 2 is 1.71 bits per heavy atom. The van der Waals surface area contributed by atoms with Gasteiger partial charge in [-0.1, -0.05) is 35.9 Å². The highest BCUT2D eigenvalue weighted by molar-refractivity contribution is 5.78. The van der Waals surface area contributed by atoms with Gasteiger partial charge < -0.3 is 11.1 Å². The summed E-state index contributed by atoms with van der Waals surface area (Å²) in [7, 11) is 0. The molecule has 1 amide bonds. The molecule has 0 saturated heterocycles. The van der Waals surface area contributed by atoms with Crippen LogP contribution in [0.1, 0.15) is 27.8 Å². The van der Waals surface area contributed by atoms with Gasteiger partial charge >= 0.3 is 0 Å². The zero-order valence-electron chi connectivity index (χ0n) is 12.9. The molecule has 0 spiro atoms. The van der Waals surface area contributed by atoms with Crippen LogP contribution < -0.4 is 11.1 Å². The van der Waals surface area contributed by atoms with E-state index in [1.165, 1.54) is 22.3 Å². The second-order valence-electron chi connectivity index (χ2n) is 5.53. The van der Waals surface area contributed by atoms with Gasteiger partial charge in [0.2, 0.25) is 5.91 Å². The first kappa shape index (κ1) is 15.1. The van der Waals surface area contributed by atoms with Crippen molar-refractivity contribution in [3.63, 3.8) is 0 Å². The minimum Gasteiger partial charge on any atom is -0.381 e. The van der Waals surface area contributed by atoms with Crippen LogP contribution in [0, 0.1) is 20.8 Å². The molecule has 3 heteroatoms. The van der Waals surface area contributed by atoms with Crippen molar-refractivity contribution in [2.24, 2.45) is 5.73 Å². The van der Waals surface area contributed by atoms with Crippen LogP contribution in [0.5, 0.6) is 0 Å². The number of rotatable bonds is 5. The average Bonchev–Trinajstić information content (AvgIpc) is 2.38. The molecule has 0 radical (unpaired) electrons. The van der Waals surface area contributed by atoms with Crippen molar-refractivity contribution in [2.45, 2.75) is 33.7 Å². The fraction of sp³-hybridized carbons (Fsp3) is 0.278. The molecule has 0 bridgehead atoms. The van der Waals surface area contributed by atoms with E-state index >= 15 is 0 Å². The third kappa shape index (κ3) is 3.85. The van der Waals surface area contributed by atoms with Crippen molar-refractivity contribution in [3.05, 3.63) is 64.2 Å². The molecule has 2 rings (SSSR count). The molecule has 0 saturated carbocycles. The molecule has 0 atom stereocenters. The van der Waals surface area contributed by atoms with Crippen LogP contribution in [-0.2, 0) is 17.8 Å². The minimum atomic E-state index is -0.313. The molecule has 3 nitrogen and oxygen atoms in total. The van der Waals surface area contributed by atoms with Gasteiger partial charge in [-0.15, -0.1) is 0 Å². The van der Waals surface area contributed by atoms with Crippen LogP contribution in [0.15, 0.2) is 36.4 Å². The Balaban J connectivity index is 2.19. The van der Waals surface area contributed by atoms with E-state index in [0.29, 0.717) is 0 Å². The lowest BCUT2D eigenvalue weighted by Gasteiger charge is -2.15. The summed E-state index contributed by atoms with van der Waals surface area (Å²) in [5, 5.41) is 3.43. The average molecular weight is 282 g/mol. The molecule has 2 aromatic rings. The molecular formula is C18H22N2O. The van der Waals surface area contributed by atoms with E-state index in [1.807, 2.05) is 24.3 Å². The summed E-state index contributed by atoms with van der Waals surface area (Å²) in [6.45, 7) is 7.12. The lowest BCUT2D eigenvalue weighted by molar-refractivity contribution is -0.117. The third-order valence-corrected chi connectivity index (χ3v) is 3.68. The quantitative estimate of drug-likeness (QED) is 0.884. The van der Waals surface area contributed by atoms with Crippen LogP contribution >= 0.6 is 0 Å². The van der Waals surface area contributed by atoms with Gasteiger partial charge in [-0.05, 0) is 49.1 Å². The van der Waals surface area contributed by atoms with E-state index < -0.39 is 0 Å². The summed E-state index contributed by atoms with van der Waals surface area (Å²) in [5.41, 5.74) is 12.4. The molecular weight excluding hydrogens is 260 g/mol. The molecule has 0 aliphatic heterocycles. The Morgan fingerprint density at radius 3 is 2.33 bits per heavy atom. The maximum Gasteiger partial charge on any atom is 0.221 e. The summed E-state index contributed by atoms with van der Waals surface area (Å²) >= 11 is 0. The number of aryl methyl sites for hydroxylation is 3. The number of carbonyl (C=O) groups excluding carboxylic acids is 1. The normalized spacial score (nSPS) is 10.4. The van der Waals surface area contributed by atoms with E-state index in [-0.39, 0.29) is 12.3 Å².